The molecule has 1 aliphatic rings. The lowest BCUT2D eigenvalue weighted by atomic mass is 9.70. The molecule has 1 saturated carbocycles. The Morgan fingerprint density at radius 1 is 1.11 bits per heavy atom. The first kappa shape index (κ1) is 21.5. The van der Waals surface area contributed by atoms with Crippen molar-refractivity contribution in [2.24, 2.45) is 17.3 Å². The molecule has 1 amide bonds. The highest BCUT2D eigenvalue weighted by Crippen LogP contribution is 2.40. The second-order valence-corrected chi connectivity index (χ2v) is 9.00. The highest BCUT2D eigenvalue weighted by molar-refractivity contribution is 5.92. The van der Waals surface area contributed by atoms with Crippen LogP contribution in [0.15, 0.2) is 24.3 Å². The minimum Gasteiger partial charge on any atom is -0.455 e. The molecule has 0 radical (unpaired) electrons. The zero-order valence-corrected chi connectivity index (χ0v) is 17.5. The van der Waals surface area contributed by atoms with Crippen molar-refractivity contribution < 1.29 is 14.3 Å². The summed E-state index contributed by atoms with van der Waals surface area (Å²) in [5.41, 5.74) is 2.28. The first-order chi connectivity index (χ1) is 12.7. The van der Waals surface area contributed by atoms with E-state index in [0.717, 1.165) is 37.8 Å². The maximum absolute atomic E-state index is 12.3. The fourth-order valence-electron chi connectivity index (χ4n) is 3.78. The number of carbonyl (C=O) groups excluding carboxylic acids is 2. The van der Waals surface area contributed by atoms with Gasteiger partial charge < -0.3 is 10.1 Å². The van der Waals surface area contributed by atoms with Gasteiger partial charge in [-0.2, -0.15) is 0 Å². The van der Waals surface area contributed by atoms with E-state index in [1.807, 2.05) is 24.3 Å². The lowest BCUT2D eigenvalue weighted by Crippen LogP contribution is -2.31. The number of hydrogen-bond donors (Lipinski definition) is 1. The van der Waals surface area contributed by atoms with Gasteiger partial charge >= 0.3 is 5.97 Å². The lowest BCUT2D eigenvalue weighted by molar-refractivity contribution is -0.153. The van der Waals surface area contributed by atoms with Gasteiger partial charge in [0.2, 0.25) is 0 Å². The van der Waals surface area contributed by atoms with Crippen molar-refractivity contribution in [1.29, 1.82) is 0 Å². The number of hydrogen-bond acceptors (Lipinski definition) is 3. The van der Waals surface area contributed by atoms with Crippen LogP contribution in [0.2, 0.25) is 0 Å². The number of rotatable bonds is 6. The predicted octanol–water partition coefficient (Wildman–Crippen LogP) is 5.53. The number of amides is 1. The molecule has 27 heavy (non-hydrogen) atoms. The molecule has 0 aromatic heterocycles. The Hall–Kier alpha value is -1.84. The van der Waals surface area contributed by atoms with Crippen molar-refractivity contribution in [3.63, 3.8) is 0 Å². The Kier molecular flexibility index (Phi) is 7.46. The van der Waals surface area contributed by atoms with Gasteiger partial charge in [0.25, 0.3) is 5.91 Å². The third kappa shape index (κ3) is 6.37. The van der Waals surface area contributed by atoms with Crippen molar-refractivity contribution in [3.8, 4) is 0 Å². The molecule has 0 heterocycles. The summed E-state index contributed by atoms with van der Waals surface area (Å²) in [6.45, 7) is 10.9. The quantitative estimate of drug-likeness (QED) is 0.667. The van der Waals surface area contributed by atoms with E-state index in [1.54, 1.807) is 0 Å². The van der Waals surface area contributed by atoms with E-state index >= 15 is 0 Å². The van der Waals surface area contributed by atoms with Gasteiger partial charge in [-0.3, -0.25) is 9.59 Å². The number of ether oxygens (including phenoxy) is 1. The van der Waals surface area contributed by atoms with E-state index in [1.165, 1.54) is 5.56 Å². The fourth-order valence-corrected chi connectivity index (χ4v) is 3.78. The van der Waals surface area contributed by atoms with Crippen molar-refractivity contribution in [1.82, 2.24) is 0 Å². The molecule has 2 rings (SSSR count). The van der Waals surface area contributed by atoms with E-state index in [9.17, 15) is 9.59 Å². The monoisotopic (exact) mass is 373 g/mol. The van der Waals surface area contributed by atoms with Gasteiger partial charge in [0.1, 0.15) is 0 Å². The molecule has 1 aliphatic carbocycles. The fraction of sp³-hybridized carbons (Fsp3) is 0.652. The number of esters is 1. The summed E-state index contributed by atoms with van der Waals surface area (Å²) in [5, 5.41) is 2.80. The molecule has 4 heteroatoms. The molecule has 4 nitrogen and oxygen atoms in total. The molecule has 1 N–H and O–H groups in total. The van der Waals surface area contributed by atoms with Crippen LogP contribution in [0.3, 0.4) is 0 Å². The average molecular weight is 374 g/mol. The topological polar surface area (TPSA) is 55.4 Å². The van der Waals surface area contributed by atoms with Crippen LogP contribution < -0.4 is 5.32 Å². The van der Waals surface area contributed by atoms with Crippen LogP contribution in [0.4, 0.5) is 5.69 Å². The summed E-state index contributed by atoms with van der Waals surface area (Å²) in [5.74, 6) is 0.575. The zero-order chi connectivity index (χ0) is 20.0. The predicted molar refractivity (Wildman–Crippen MR) is 110 cm³/mol. The van der Waals surface area contributed by atoms with E-state index in [2.05, 4.69) is 39.9 Å². The van der Waals surface area contributed by atoms with Gasteiger partial charge in [-0.1, -0.05) is 46.8 Å². The van der Waals surface area contributed by atoms with E-state index in [4.69, 9.17) is 4.74 Å². The SMILES string of the molecule is CC[C@H](C)c1ccc(NC(=O)COC(=O)C2CCC(C(C)(C)C)CC2)cc1. The van der Waals surface area contributed by atoms with Crippen molar-refractivity contribution in [2.75, 3.05) is 11.9 Å². The minimum absolute atomic E-state index is 0.0637. The van der Waals surface area contributed by atoms with Crippen LogP contribution in [-0.4, -0.2) is 18.5 Å². The summed E-state index contributed by atoms with van der Waals surface area (Å²) in [6.07, 6.45) is 4.91. The standard InChI is InChI=1S/C23H35NO3/c1-6-16(2)17-9-13-20(14-10-17)24-21(25)15-27-22(26)18-7-11-19(12-8-18)23(3,4)5/h9-10,13-14,16,18-19H,6-8,11-12,15H2,1-5H3,(H,24,25)/t16-,18?,19?/m0/s1. The third-order valence-electron chi connectivity index (χ3n) is 6.01. The normalized spacial score (nSPS) is 21.4. The molecule has 1 atom stereocenters. The summed E-state index contributed by atoms with van der Waals surface area (Å²) in [7, 11) is 0. The van der Waals surface area contributed by atoms with Gasteiger partial charge in [-0.15, -0.1) is 0 Å². The molecule has 0 unspecified atom stereocenters. The first-order valence-corrected chi connectivity index (χ1v) is 10.3. The van der Waals surface area contributed by atoms with Crippen LogP contribution in [0.5, 0.6) is 0 Å². The molecule has 0 aliphatic heterocycles. The Balaban J connectivity index is 1.75. The van der Waals surface area contributed by atoms with Crippen molar-refractivity contribution >= 4 is 17.6 Å². The highest BCUT2D eigenvalue weighted by Gasteiger charge is 2.33. The van der Waals surface area contributed by atoms with Crippen LogP contribution in [-0.2, 0) is 14.3 Å². The second-order valence-electron chi connectivity index (χ2n) is 9.00. The largest absolute Gasteiger partial charge is 0.455 e. The highest BCUT2D eigenvalue weighted by atomic mass is 16.5. The summed E-state index contributed by atoms with van der Waals surface area (Å²) >= 11 is 0. The average Bonchev–Trinajstić information content (AvgIpc) is 2.65. The molecule has 0 saturated heterocycles. The number of carbonyl (C=O) groups is 2. The van der Waals surface area contributed by atoms with Gasteiger partial charge in [-0.05, 0) is 67.1 Å². The minimum atomic E-state index is -0.289. The van der Waals surface area contributed by atoms with Crippen molar-refractivity contribution in [2.45, 2.75) is 72.6 Å². The van der Waals surface area contributed by atoms with Gasteiger partial charge in [0, 0.05) is 5.69 Å². The molecule has 1 fully saturated rings. The Morgan fingerprint density at radius 3 is 2.22 bits per heavy atom. The lowest BCUT2D eigenvalue weighted by Gasteiger charge is -2.36. The maximum Gasteiger partial charge on any atom is 0.309 e. The second kappa shape index (κ2) is 9.38. The molecule has 150 valence electrons. The molecule has 0 spiro atoms. The van der Waals surface area contributed by atoms with Gasteiger partial charge in [0.15, 0.2) is 6.61 Å². The smallest absolute Gasteiger partial charge is 0.309 e. The van der Waals surface area contributed by atoms with Crippen LogP contribution >= 0.6 is 0 Å². The van der Waals surface area contributed by atoms with E-state index < -0.39 is 0 Å². The first-order valence-electron chi connectivity index (χ1n) is 10.3. The summed E-state index contributed by atoms with van der Waals surface area (Å²) in [4.78, 5) is 24.3. The van der Waals surface area contributed by atoms with Crippen LogP contribution in [0.1, 0.15) is 78.2 Å². The molecule has 1 aromatic carbocycles. The van der Waals surface area contributed by atoms with E-state index in [0.29, 0.717) is 17.3 Å². The molecule has 0 bridgehead atoms. The van der Waals surface area contributed by atoms with Crippen LogP contribution in [0.25, 0.3) is 0 Å². The molecular formula is C23H35NO3. The van der Waals surface area contributed by atoms with Crippen LogP contribution in [0, 0.1) is 17.3 Å². The Labute approximate surface area is 164 Å². The van der Waals surface area contributed by atoms with E-state index in [-0.39, 0.29) is 24.4 Å². The molecular weight excluding hydrogens is 338 g/mol. The zero-order valence-electron chi connectivity index (χ0n) is 17.5. The Bertz CT molecular complexity index is 622. The van der Waals surface area contributed by atoms with Gasteiger partial charge in [-0.25, -0.2) is 0 Å². The van der Waals surface area contributed by atoms with Gasteiger partial charge in [0.05, 0.1) is 5.92 Å². The number of benzene rings is 1. The van der Waals surface area contributed by atoms with Crippen molar-refractivity contribution in [3.05, 3.63) is 29.8 Å². The number of anilines is 1. The summed E-state index contributed by atoms with van der Waals surface area (Å²) < 4.78 is 5.26. The molecule has 1 aromatic rings. The third-order valence-corrected chi connectivity index (χ3v) is 6.01. The maximum atomic E-state index is 12.3. The summed E-state index contributed by atoms with van der Waals surface area (Å²) in [6, 6.07) is 7.86. The number of nitrogens with one attached hydrogen (secondary N) is 1. The Morgan fingerprint density at radius 2 is 1.70 bits per heavy atom.